The highest BCUT2D eigenvalue weighted by Gasteiger charge is 2.58. The van der Waals surface area contributed by atoms with Gasteiger partial charge in [-0.3, -0.25) is 4.79 Å². The SMILES string of the molecule is Cc1nc2c(s1)[C@]1(C[NH2+]C2)C[NH2+]C[C@H]1C(=O)N1CC[C@@H](c2ccccc2)C[C@H]1C1CCCC(F)(F)C1.[Cl-].[Cl-]. The minimum atomic E-state index is -2.62. The van der Waals surface area contributed by atoms with Crippen LogP contribution in [0.5, 0.6) is 0 Å². The van der Waals surface area contributed by atoms with Crippen molar-refractivity contribution in [1.29, 1.82) is 0 Å². The zero-order valence-corrected chi connectivity index (χ0v) is 24.2. The van der Waals surface area contributed by atoms with Crippen LogP contribution in [0.25, 0.3) is 0 Å². The van der Waals surface area contributed by atoms with Crippen LogP contribution in [0.15, 0.2) is 30.3 Å². The molecule has 3 fully saturated rings. The average Bonchev–Trinajstić information content (AvgIpc) is 3.47. The number of carbonyl (C=O) groups is 1. The molecule has 0 bridgehead atoms. The number of aromatic nitrogens is 1. The molecule has 0 radical (unpaired) electrons. The van der Waals surface area contributed by atoms with E-state index in [1.165, 1.54) is 10.4 Å². The Hall–Kier alpha value is -1.32. The lowest BCUT2D eigenvalue weighted by Gasteiger charge is -2.47. The van der Waals surface area contributed by atoms with E-state index in [0.29, 0.717) is 18.9 Å². The second-order valence-electron chi connectivity index (χ2n) is 11.6. The molecule has 38 heavy (non-hydrogen) atoms. The van der Waals surface area contributed by atoms with Crippen molar-refractivity contribution in [2.45, 2.75) is 75.3 Å². The third-order valence-electron chi connectivity index (χ3n) is 9.40. The van der Waals surface area contributed by atoms with Crippen molar-refractivity contribution < 1.29 is 49.0 Å². The summed E-state index contributed by atoms with van der Waals surface area (Å²) in [6.45, 7) is 6.18. The maximum Gasteiger partial charge on any atom is 0.248 e. The largest absolute Gasteiger partial charge is 1.00 e. The molecule has 1 spiro atoms. The summed E-state index contributed by atoms with van der Waals surface area (Å²) in [5.41, 5.74) is 2.21. The van der Waals surface area contributed by atoms with Crippen LogP contribution in [0.2, 0.25) is 0 Å². The summed E-state index contributed by atoms with van der Waals surface area (Å²) in [5, 5.41) is 5.67. The number of fused-ring (bicyclic) bond motifs is 2. The van der Waals surface area contributed by atoms with Gasteiger partial charge in [0.05, 0.1) is 29.5 Å². The Labute approximate surface area is 240 Å². The molecule has 4 heterocycles. The molecule has 4 N–H and O–H groups in total. The summed E-state index contributed by atoms with van der Waals surface area (Å²) in [4.78, 5) is 22.6. The number of likely N-dealkylation sites (tertiary alicyclic amines) is 1. The molecule has 5 atom stereocenters. The van der Waals surface area contributed by atoms with E-state index in [2.05, 4.69) is 46.7 Å². The second-order valence-corrected chi connectivity index (χ2v) is 12.8. The molecule has 2 aromatic rings. The molecule has 1 amide bonds. The number of thiazole rings is 1. The number of hydrogen-bond acceptors (Lipinski definition) is 3. The van der Waals surface area contributed by atoms with E-state index in [1.54, 1.807) is 11.3 Å². The van der Waals surface area contributed by atoms with Gasteiger partial charge >= 0.3 is 0 Å². The highest BCUT2D eigenvalue weighted by molar-refractivity contribution is 7.11. The number of nitrogens with two attached hydrogens (primary N) is 2. The standard InChI is InChI=1S/C28H36F2N4OS.2ClH/c1-18-33-23-15-32-17-27(25(23)36-18)16-31-14-22(27)26(35)34-11-9-20(19-6-3-2-4-7-19)12-24(34)21-8-5-10-28(29,30)13-21;;/h2-4,6-7,20-22,24,31-32H,5,8-17H2,1H3;2*1H/t20-,21?,22+,24+,27+;;/m1../s1. The minimum Gasteiger partial charge on any atom is -1.00 e. The highest BCUT2D eigenvalue weighted by atomic mass is 35.5. The molecule has 5 nitrogen and oxygen atoms in total. The topological polar surface area (TPSA) is 66.4 Å². The first-order valence-corrected chi connectivity index (χ1v) is 14.5. The fourth-order valence-corrected chi connectivity index (χ4v) is 8.94. The first kappa shape index (κ1) is 29.7. The van der Waals surface area contributed by atoms with Crippen molar-refractivity contribution in [2.75, 3.05) is 26.2 Å². The lowest BCUT2D eigenvalue weighted by molar-refractivity contribution is -0.691. The highest BCUT2D eigenvalue weighted by Crippen LogP contribution is 2.46. The van der Waals surface area contributed by atoms with Gasteiger partial charge in [-0.05, 0) is 50.0 Å². The van der Waals surface area contributed by atoms with E-state index in [1.807, 2.05) is 6.07 Å². The Morgan fingerprint density at radius 3 is 2.66 bits per heavy atom. The quantitative estimate of drug-likeness (QED) is 0.393. The fourth-order valence-electron chi connectivity index (χ4n) is 7.73. The van der Waals surface area contributed by atoms with Crippen LogP contribution in [0, 0.1) is 18.8 Å². The number of quaternary nitrogens is 2. The van der Waals surface area contributed by atoms with Crippen molar-refractivity contribution in [3.05, 3.63) is 51.5 Å². The number of alkyl halides is 2. The number of hydrogen-bond donors (Lipinski definition) is 2. The van der Waals surface area contributed by atoms with E-state index >= 15 is 0 Å². The molecule has 3 aliphatic heterocycles. The molecule has 1 saturated carbocycles. The number of carbonyl (C=O) groups excluding carboxylic acids is 1. The lowest BCUT2D eigenvalue weighted by atomic mass is 9.71. The maximum atomic E-state index is 14.6. The van der Waals surface area contributed by atoms with Gasteiger partial charge in [-0.15, -0.1) is 11.3 Å². The summed E-state index contributed by atoms with van der Waals surface area (Å²) < 4.78 is 29.2. The molecule has 4 aliphatic rings. The number of nitrogens with zero attached hydrogens (tertiary/aromatic N) is 2. The number of rotatable bonds is 3. The summed E-state index contributed by atoms with van der Waals surface area (Å²) in [5.74, 6) is -2.36. The van der Waals surface area contributed by atoms with Gasteiger partial charge in [-0.2, -0.15) is 0 Å². The molecule has 210 valence electrons. The molecule has 1 aromatic heterocycles. The van der Waals surface area contributed by atoms with Crippen molar-refractivity contribution in [3.8, 4) is 0 Å². The van der Waals surface area contributed by atoms with Gasteiger partial charge in [0.25, 0.3) is 0 Å². The van der Waals surface area contributed by atoms with E-state index in [-0.39, 0.29) is 66.9 Å². The third kappa shape index (κ3) is 5.36. The van der Waals surface area contributed by atoms with Gasteiger partial charge < -0.3 is 40.3 Å². The smallest absolute Gasteiger partial charge is 0.248 e. The van der Waals surface area contributed by atoms with Crippen LogP contribution in [0.1, 0.15) is 65.6 Å². The lowest BCUT2D eigenvalue weighted by Crippen LogP contribution is -3.00. The van der Waals surface area contributed by atoms with E-state index in [9.17, 15) is 13.6 Å². The molecule has 1 aromatic carbocycles. The van der Waals surface area contributed by atoms with Gasteiger partial charge in [-0.25, -0.2) is 13.8 Å². The average molecular weight is 588 g/mol. The predicted molar refractivity (Wildman–Crippen MR) is 135 cm³/mol. The van der Waals surface area contributed by atoms with Crippen LogP contribution < -0.4 is 35.4 Å². The minimum absolute atomic E-state index is 0. The van der Waals surface area contributed by atoms with Crippen molar-refractivity contribution in [1.82, 2.24) is 9.88 Å². The molecule has 2 saturated heterocycles. The Kier molecular flexibility index (Phi) is 9.10. The zero-order valence-electron chi connectivity index (χ0n) is 21.9. The normalized spacial score (nSPS) is 32.2. The van der Waals surface area contributed by atoms with Crippen molar-refractivity contribution in [2.24, 2.45) is 11.8 Å². The molecule has 1 unspecified atom stereocenters. The first-order valence-electron chi connectivity index (χ1n) is 13.7. The number of amides is 1. The number of benzene rings is 1. The van der Waals surface area contributed by atoms with Crippen molar-refractivity contribution in [3.63, 3.8) is 0 Å². The maximum absolute atomic E-state index is 14.6. The van der Waals surface area contributed by atoms with Crippen LogP contribution >= 0.6 is 11.3 Å². The zero-order chi connectivity index (χ0) is 24.9. The summed E-state index contributed by atoms with van der Waals surface area (Å²) in [6.07, 6.45) is 2.92. The fraction of sp³-hybridized carbons (Fsp3) is 0.643. The van der Waals surface area contributed by atoms with Crippen LogP contribution in [-0.2, 0) is 16.8 Å². The second kappa shape index (κ2) is 11.7. The third-order valence-corrected chi connectivity index (χ3v) is 10.6. The molecule has 10 heteroatoms. The van der Waals surface area contributed by atoms with Crippen LogP contribution in [0.3, 0.4) is 0 Å². The summed E-state index contributed by atoms with van der Waals surface area (Å²) in [6, 6.07) is 10.3. The molecular weight excluding hydrogens is 549 g/mol. The van der Waals surface area contributed by atoms with E-state index in [4.69, 9.17) is 4.98 Å². The van der Waals surface area contributed by atoms with Crippen LogP contribution in [0.4, 0.5) is 8.78 Å². The summed E-state index contributed by atoms with van der Waals surface area (Å²) in [7, 11) is 0. The Balaban J connectivity index is 0.00000168. The number of aryl methyl sites for hydroxylation is 1. The van der Waals surface area contributed by atoms with Crippen LogP contribution in [-0.4, -0.2) is 53.9 Å². The predicted octanol–water partition coefficient (Wildman–Crippen LogP) is -3.43. The Morgan fingerprint density at radius 2 is 1.89 bits per heavy atom. The van der Waals surface area contributed by atoms with E-state index < -0.39 is 5.92 Å². The Morgan fingerprint density at radius 1 is 1.13 bits per heavy atom. The first-order chi connectivity index (χ1) is 17.4. The monoisotopic (exact) mass is 586 g/mol. The molecule has 1 aliphatic carbocycles. The molecule has 6 rings (SSSR count). The van der Waals surface area contributed by atoms with Gasteiger partial charge in [-0.1, -0.05) is 30.3 Å². The number of halogens is 4. The number of piperidine rings is 1. The van der Waals surface area contributed by atoms with Gasteiger partial charge in [0.2, 0.25) is 11.8 Å². The Bertz CT molecular complexity index is 1120. The van der Waals surface area contributed by atoms with Gasteiger partial charge in [0.15, 0.2) is 0 Å². The molecular formula is C28H38Cl2F2N4OS. The van der Waals surface area contributed by atoms with Gasteiger partial charge in [0, 0.05) is 25.4 Å². The summed E-state index contributed by atoms with van der Waals surface area (Å²) >= 11 is 1.76. The van der Waals surface area contributed by atoms with Gasteiger partial charge in [0.1, 0.15) is 23.6 Å². The van der Waals surface area contributed by atoms with E-state index in [0.717, 1.165) is 56.1 Å². The van der Waals surface area contributed by atoms with Crippen molar-refractivity contribution >= 4 is 17.2 Å².